The monoisotopic (exact) mass is 553 g/mol. The summed E-state index contributed by atoms with van der Waals surface area (Å²) in [6.45, 7) is 11.2. The van der Waals surface area contributed by atoms with Crippen LogP contribution in [0.15, 0.2) is 24.3 Å². The number of hydrogen-bond acceptors (Lipinski definition) is 6. The second-order valence-corrected chi connectivity index (χ2v) is 11.9. The third-order valence-corrected chi connectivity index (χ3v) is 7.16. The van der Waals surface area contributed by atoms with Crippen LogP contribution in [-0.2, 0) is 24.7 Å². The fraction of sp³-hybridized carbons (Fsp3) is 0.630. The number of carbonyl (C=O) groups is 4. The summed E-state index contributed by atoms with van der Waals surface area (Å²) in [6.07, 6.45) is -0.286. The van der Waals surface area contributed by atoms with Gasteiger partial charge in [0.25, 0.3) is 0 Å². The van der Waals surface area contributed by atoms with E-state index in [-0.39, 0.29) is 37.8 Å². The Balaban J connectivity index is 2.00. The Morgan fingerprint density at radius 3 is 2.26 bits per heavy atom. The SMILES string of the molecule is CC(C)[C@@H](NC(=O)NCC(C)(C)OC(=O)CCC(=O)O)C(=O)N1CC[C@](O)(c2ccc(Cl)cc2)C(C)(C)C1. The van der Waals surface area contributed by atoms with Crippen LogP contribution in [0.2, 0.25) is 5.02 Å². The van der Waals surface area contributed by atoms with Crippen LogP contribution in [0.3, 0.4) is 0 Å². The highest BCUT2D eigenvalue weighted by molar-refractivity contribution is 6.30. The summed E-state index contributed by atoms with van der Waals surface area (Å²) in [5.41, 5.74) is -2.16. The average molecular weight is 554 g/mol. The van der Waals surface area contributed by atoms with Crippen molar-refractivity contribution in [2.75, 3.05) is 19.6 Å². The lowest BCUT2D eigenvalue weighted by atomic mass is 9.66. The highest BCUT2D eigenvalue weighted by atomic mass is 35.5. The van der Waals surface area contributed by atoms with Gasteiger partial charge in [0.05, 0.1) is 25.0 Å². The molecule has 1 aromatic carbocycles. The highest BCUT2D eigenvalue weighted by Crippen LogP contribution is 2.46. The standard InChI is InChI=1S/C27H40ClN3O7/c1-17(2)22(30-24(36)29-15-26(5,6)38-21(34)12-11-20(32)33)23(35)31-14-13-27(37,25(3,4)16-31)18-7-9-19(28)10-8-18/h7-10,17,22,37H,11-16H2,1-6H3,(H,32,33)(H2,29,30,36)/t22-,27+/m1/s1. The number of halogens is 1. The third kappa shape index (κ3) is 8.07. The van der Waals surface area contributed by atoms with Crippen LogP contribution in [-0.4, -0.2) is 70.3 Å². The fourth-order valence-corrected chi connectivity index (χ4v) is 4.70. The van der Waals surface area contributed by atoms with Gasteiger partial charge in [-0.25, -0.2) is 4.79 Å². The van der Waals surface area contributed by atoms with E-state index in [0.29, 0.717) is 18.0 Å². The number of likely N-dealkylation sites (tertiary alicyclic amines) is 1. The van der Waals surface area contributed by atoms with Crippen LogP contribution in [0.5, 0.6) is 0 Å². The molecule has 2 atom stereocenters. The number of carbonyl (C=O) groups excluding carboxylic acids is 3. The molecule has 1 saturated heterocycles. The number of aliphatic carboxylic acids is 1. The lowest BCUT2D eigenvalue weighted by Gasteiger charge is -2.51. The van der Waals surface area contributed by atoms with Crippen molar-refractivity contribution in [3.63, 3.8) is 0 Å². The van der Waals surface area contributed by atoms with Gasteiger partial charge >= 0.3 is 18.0 Å². The van der Waals surface area contributed by atoms with Crippen molar-refractivity contribution < 1.29 is 34.1 Å². The maximum Gasteiger partial charge on any atom is 0.315 e. The molecule has 38 heavy (non-hydrogen) atoms. The number of urea groups is 1. The molecule has 0 aromatic heterocycles. The molecule has 0 radical (unpaired) electrons. The second kappa shape index (κ2) is 12.3. The minimum absolute atomic E-state index is 0.0402. The van der Waals surface area contributed by atoms with Gasteiger partial charge in [-0.15, -0.1) is 0 Å². The molecule has 212 valence electrons. The molecular formula is C27H40ClN3O7. The number of hydrogen-bond donors (Lipinski definition) is 4. The topological polar surface area (TPSA) is 145 Å². The zero-order valence-electron chi connectivity index (χ0n) is 23.0. The summed E-state index contributed by atoms with van der Waals surface area (Å²) in [5.74, 6) is -2.24. The summed E-state index contributed by atoms with van der Waals surface area (Å²) < 4.78 is 5.27. The smallest absolute Gasteiger partial charge is 0.315 e. The van der Waals surface area contributed by atoms with E-state index < -0.39 is 40.6 Å². The van der Waals surface area contributed by atoms with E-state index in [1.165, 1.54) is 0 Å². The van der Waals surface area contributed by atoms with Crippen molar-refractivity contribution in [2.45, 2.75) is 78.0 Å². The predicted molar refractivity (Wildman–Crippen MR) is 143 cm³/mol. The van der Waals surface area contributed by atoms with Gasteiger partial charge in [-0.05, 0) is 43.9 Å². The Morgan fingerprint density at radius 1 is 1.13 bits per heavy atom. The number of benzene rings is 1. The first kappa shape index (κ1) is 31.4. The second-order valence-electron chi connectivity index (χ2n) is 11.4. The van der Waals surface area contributed by atoms with E-state index in [4.69, 9.17) is 21.4 Å². The van der Waals surface area contributed by atoms with Crippen LogP contribution in [0.25, 0.3) is 0 Å². The van der Waals surface area contributed by atoms with Gasteiger partial charge < -0.3 is 30.5 Å². The van der Waals surface area contributed by atoms with Crippen molar-refractivity contribution in [3.05, 3.63) is 34.9 Å². The Labute approximate surface area is 229 Å². The zero-order chi connectivity index (χ0) is 28.9. The molecule has 0 unspecified atom stereocenters. The number of carboxylic acids is 1. The molecule has 1 aromatic rings. The lowest BCUT2D eigenvalue weighted by molar-refractivity contribution is -0.158. The van der Waals surface area contributed by atoms with Crippen molar-refractivity contribution >= 4 is 35.5 Å². The molecule has 0 bridgehead atoms. The van der Waals surface area contributed by atoms with Gasteiger partial charge in [-0.2, -0.15) is 0 Å². The first-order chi connectivity index (χ1) is 17.5. The number of piperidine rings is 1. The molecule has 0 spiro atoms. The maximum absolute atomic E-state index is 13.5. The molecule has 1 fully saturated rings. The van der Waals surface area contributed by atoms with Gasteiger partial charge in [-0.3, -0.25) is 14.4 Å². The normalized spacial score (nSPS) is 20.0. The van der Waals surface area contributed by atoms with E-state index in [1.54, 1.807) is 43.0 Å². The fourth-order valence-electron chi connectivity index (χ4n) is 4.57. The lowest BCUT2D eigenvalue weighted by Crippen LogP contribution is -2.61. The number of carboxylic acid groups (broad SMARTS) is 1. The summed E-state index contributed by atoms with van der Waals surface area (Å²) in [4.78, 5) is 50.3. The molecule has 1 heterocycles. The number of rotatable bonds is 10. The summed E-state index contributed by atoms with van der Waals surface area (Å²) in [7, 11) is 0. The highest BCUT2D eigenvalue weighted by Gasteiger charge is 2.50. The van der Waals surface area contributed by atoms with E-state index in [2.05, 4.69) is 10.6 Å². The third-order valence-electron chi connectivity index (χ3n) is 6.91. The van der Waals surface area contributed by atoms with E-state index in [9.17, 15) is 24.3 Å². The van der Waals surface area contributed by atoms with Crippen LogP contribution < -0.4 is 10.6 Å². The Bertz CT molecular complexity index is 1030. The summed E-state index contributed by atoms with van der Waals surface area (Å²) in [6, 6.07) is 5.66. The number of amides is 3. The summed E-state index contributed by atoms with van der Waals surface area (Å²) in [5, 5.41) is 26.2. The minimum atomic E-state index is -1.15. The Morgan fingerprint density at radius 2 is 1.74 bits per heavy atom. The van der Waals surface area contributed by atoms with Gasteiger partial charge in [0, 0.05) is 23.5 Å². The molecule has 0 aliphatic carbocycles. The maximum atomic E-state index is 13.5. The van der Waals surface area contributed by atoms with Crippen molar-refractivity contribution in [1.82, 2.24) is 15.5 Å². The van der Waals surface area contributed by atoms with E-state index in [1.807, 2.05) is 27.7 Å². The number of nitrogens with zero attached hydrogens (tertiary/aromatic N) is 1. The Hall–Kier alpha value is -2.85. The van der Waals surface area contributed by atoms with Crippen molar-refractivity contribution in [1.29, 1.82) is 0 Å². The quantitative estimate of drug-likeness (QED) is 0.325. The van der Waals surface area contributed by atoms with Crippen LogP contribution >= 0.6 is 11.6 Å². The predicted octanol–water partition coefficient (Wildman–Crippen LogP) is 3.30. The first-order valence-electron chi connectivity index (χ1n) is 12.7. The van der Waals surface area contributed by atoms with Crippen LogP contribution in [0.4, 0.5) is 4.79 Å². The molecule has 1 aliphatic rings. The first-order valence-corrected chi connectivity index (χ1v) is 13.1. The molecule has 4 N–H and O–H groups in total. The molecule has 11 heteroatoms. The molecule has 0 saturated carbocycles. The van der Waals surface area contributed by atoms with Crippen LogP contribution in [0, 0.1) is 11.3 Å². The van der Waals surface area contributed by atoms with Crippen molar-refractivity contribution in [2.24, 2.45) is 11.3 Å². The van der Waals surface area contributed by atoms with Crippen LogP contribution in [0.1, 0.15) is 66.4 Å². The number of esters is 1. The number of aliphatic hydroxyl groups is 1. The summed E-state index contributed by atoms with van der Waals surface area (Å²) >= 11 is 6.01. The van der Waals surface area contributed by atoms with E-state index in [0.717, 1.165) is 5.56 Å². The molecule has 2 rings (SSSR count). The minimum Gasteiger partial charge on any atom is -0.481 e. The molecule has 3 amide bonds. The average Bonchev–Trinajstić information content (AvgIpc) is 2.81. The number of nitrogens with one attached hydrogen (secondary N) is 2. The van der Waals surface area contributed by atoms with Gasteiger partial charge in [-0.1, -0.05) is 51.4 Å². The number of ether oxygens (including phenoxy) is 1. The van der Waals surface area contributed by atoms with Crippen molar-refractivity contribution in [3.8, 4) is 0 Å². The van der Waals surface area contributed by atoms with Gasteiger partial charge in [0.1, 0.15) is 11.6 Å². The largest absolute Gasteiger partial charge is 0.481 e. The van der Waals surface area contributed by atoms with Gasteiger partial charge in [0.2, 0.25) is 5.91 Å². The molecular weight excluding hydrogens is 514 g/mol. The molecule has 1 aliphatic heterocycles. The van der Waals surface area contributed by atoms with Gasteiger partial charge in [0.15, 0.2) is 0 Å². The molecule has 10 nitrogen and oxygen atoms in total. The Kier molecular flexibility index (Phi) is 10.2. The van der Waals surface area contributed by atoms with E-state index >= 15 is 0 Å². The zero-order valence-corrected chi connectivity index (χ0v) is 23.7.